The van der Waals surface area contributed by atoms with Gasteiger partial charge in [-0.25, -0.2) is 10.2 Å². The smallest absolute Gasteiger partial charge is 0.354 e. The number of carbonyl (C=O) groups is 3. The van der Waals surface area contributed by atoms with Crippen LogP contribution < -0.4 is 5.43 Å². The lowest BCUT2D eigenvalue weighted by molar-refractivity contribution is -0.134. The summed E-state index contributed by atoms with van der Waals surface area (Å²) < 4.78 is 12.2. The molecule has 136 valence electrons. The molecule has 1 atom stereocenters. The molecule has 1 aromatic heterocycles. The molecule has 1 aromatic rings. The Hall–Kier alpha value is -2.48. The van der Waals surface area contributed by atoms with E-state index in [0.717, 1.165) is 11.4 Å². The Kier molecular flexibility index (Phi) is 6.08. The largest absolute Gasteiger partial charge is 0.453 e. The summed E-state index contributed by atoms with van der Waals surface area (Å²) in [6, 6.07) is 1.88. The van der Waals surface area contributed by atoms with Gasteiger partial charge in [-0.2, -0.15) is 5.10 Å². The first kappa shape index (κ1) is 18.9. The van der Waals surface area contributed by atoms with Crippen LogP contribution in [0.3, 0.4) is 0 Å². The number of ketones is 1. The van der Waals surface area contributed by atoms with Crippen molar-refractivity contribution < 1.29 is 23.9 Å². The number of esters is 1. The first-order valence-corrected chi connectivity index (χ1v) is 8.08. The number of methoxy groups -OCH3 is 1. The second-order valence-corrected chi connectivity index (χ2v) is 6.05. The summed E-state index contributed by atoms with van der Waals surface area (Å²) in [5.74, 6) is -1.21. The summed E-state index contributed by atoms with van der Waals surface area (Å²) >= 11 is 0. The maximum Gasteiger partial charge on any atom is 0.354 e. The van der Waals surface area contributed by atoms with Gasteiger partial charge >= 0.3 is 5.97 Å². The van der Waals surface area contributed by atoms with E-state index in [-0.39, 0.29) is 42.9 Å². The van der Waals surface area contributed by atoms with Crippen molar-refractivity contribution in [1.82, 2.24) is 9.99 Å². The van der Waals surface area contributed by atoms with Crippen LogP contribution in [0.1, 0.15) is 47.6 Å². The number of aromatic nitrogens is 1. The van der Waals surface area contributed by atoms with Crippen LogP contribution in [-0.4, -0.2) is 48.3 Å². The summed E-state index contributed by atoms with van der Waals surface area (Å²) in [6.07, 6.45) is 0.391. The monoisotopic (exact) mass is 349 g/mol. The van der Waals surface area contributed by atoms with Gasteiger partial charge in [-0.05, 0) is 26.8 Å². The molecule has 8 heteroatoms. The van der Waals surface area contributed by atoms with E-state index in [1.54, 1.807) is 13.2 Å². The normalized spacial score (nSPS) is 15.4. The van der Waals surface area contributed by atoms with E-state index < -0.39 is 5.97 Å². The Morgan fingerprint density at radius 1 is 1.36 bits per heavy atom. The second kappa shape index (κ2) is 8.06. The lowest BCUT2D eigenvalue weighted by atomic mass is 10.1. The SMILES string of the molecule is COC[C@H](C)n1c(C)cc(C(=O)COC(=O)C2=NNC(=O)CC2)c1C. The molecule has 0 fully saturated rings. The molecule has 0 spiro atoms. The average molecular weight is 349 g/mol. The van der Waals surface area contributed by atoms with Crippen molar-refractivity contribution in [2.24, 2.45) is 5.10 Å². The molecule has 0 bridgehead atoms. The third kappa shape index (κ3) is 4.33. The van der Waals surface area contributed by atoms with Crippen LogP contribution in [0, 0.1) is 13.8 Å². The average Bonchev–Trinajstić information content (AvgIpc) is 2.88. The molecular formula is C17H23N3O5. The number of hydrogen-bond donors (Lipinski definition) is 1. The molecule has 2 rings (SSSR count). The van der Waals surface area contributed by atoms with Gasteiger partial charge < -0.3 is 14.0 Å². The minimum atomic E-state index is -0.685. The predicted octanol–water partition coefficient (Wildman–Crippen LogP) is 1.30. The van der Waals surface area contributed by atoms with Crippen molar-refractivity contribution in [2.45, 2.75) is 39.7 Å². The fraction of sp³-hybridized carbons (Fsp3) is 0.529. The summed E-state index contributed by atoms with van der Waals surface area (Å²) in [4.78, 5) is 35.4. The summed E-state index contributed by atoms with van der Waals surface area (Å²) in [5, 5.41) is 3.65. The first-order valence-electron chi connectivity index (χ1n) is 8.08. The molecule has 0 saturated carbocycles. The Balaban J connectivity index is 2.03. The zero-order valence-electron chi connectivity index (χ0n) is 14.9. The van der Waals surface area contributed by atoms with E-state index in [1.807, 2.05) is 25.3 Å². The number of ether oxygens (including phenoxy) is 2. The number of nitrogens with one attached hydrogen (secondary N) is 1. The van der Waals surface area contributed by atoms with Crippen LogP contribution in [0.4, 0.5) is 0 Å². The number of rotatable bonds is 7. The molecule has 0 radical (unpaired) electrons. The molecule has 0 saturated heterocycles. The van der Waals surface area contributed by atoms with E-state index in [1.165, 1.54) is 0 Å². The van der Waals surface area contributed by atoms with Gasteiger partial charge in [-0.15, -0.1) is 0 Å². The Morgan fingerprint density at radius 2 is 2.08 bits per heavy atom. The van der Waals surface area contributed by atoms with Crippen molar-refractivity contribution in [3.8, 4) is 0 Å². The summed E-state index contributed by atoms with van der Waals surface area (Å²) in [7, 11) is 1.63. The Labute approximate surface area is 146 Å². The molecule has 1 aliphatic rings. The van der Waals surface area contributed by atoms with Crippen molar-refractivity contribution in [3.63, 3.8) is 0 Å². The topological polar surface area (TPSA) is 99.0 Å². The quantitative estimate of drug-likeness (QED) is 0.591. The zero-order chi connectivity index (χ0) is 18.6. The van der Waals surface area contributed by atoms with Gasteiger partial charge in [0.25, 0.3) is 0 Å². The van der Waals surface area contributed by atoms with Gasteiger partial charge in [0, 0.05) is 36.9 Å². The van der Waals surface area contributed by atoms with E-state index in [0.29, 0.717) is 12.2 Å². The molecular weight excluding hydrogens is 326 g/mol. The molecule has 1 amide bonds. The highest BCUT2D eigenvalue weighted by molar-refractivity contribution is 6.37. The second-order valence-electron chi connectivity index (χ2n) is 6.05. The third-order valence-corrected chi connectivity index (χ3v) is 4.11. The van der Waals surface area contributed by atoms with Gasteiger partial charge in [-0.1, -0.05) is 0 Å². The van der Waals surface area contributed by atoms with E-state index in [9.17, 15) is 14.4 Å². The number of Topliss-reactive ketones (excluding diaryl/α,β-unsaturated/α-hetero) is 1. The molecule has 8 nitrogen and oxygen atoms in total. The van der Waals surface area contributed by atoms with Crippen molar-refractivity contribution in [1.29, 1.82) is 0 Å². The van der Waals surface area contributed by atoms with Crippen molar-refractivity contribution in [2.75, 3.05) is 20.3 Å². The van der Waals surface area contributed by atoms with E-state index >= 15 is 0 Å². The third-order valence-electron chi connectivity index (χ3n) is 4.11. The predicted molar refractivity (Wildman–Crippen MR) is 90.6 cm³/mol. The van der Waals surface area contributed by atoms with Crippen molar-refractivity contribution >= 4 is 23.4 Å². The number of aryl methyl sites for hydroxylation is 1. The van der Waals surface area contributed by atoms with Gasteiger partial charge in [0.05, 0.1) is 12.6 Å². The fourth-order valence-electron chi connectivity index (χ4n) is 2.97. The van der Waals surface area contributed by atoms with Crippen LogP contribution in [-0.2, 0) is 19.1 Å². The van der Waals surface area contributed by atoms with Crippen LogP contribution in [0.5, 0.6) is 0 Å². The lowest BCUT2D eigenvalue weighted by Gasteiger charge is -2.17. The van der Waals surface area contributed by atoms with Gasteiger partial charge in [0.1, 0.15) is 5.71 Å². The van der Waals surface area contributed by atoms with Gasteiger partial charge in [-0.3, -0.25) is 9.59 Å². The maximum absolute atomic E-state index is 12.4. The number of amides is 1. The maximum atomic E-state index is 12.4. The molecule has 0 aliphatic carbocycles. The van der Waals surface area contributed by atoms with Crippen LogP contribution in [0.2, 0.25) is 0 Å². The number of nitrogens with zero attached hydrogens (tertiary/aromatic N) is 2. The molecule has 1 aliphatic heterocycles. The van der Waals surface area contributed by atoms with Crippen LogP contribution in [0.15, 0.2) is 11.2 Å². The fourth-order valence-corrected chi connectivity index (χ4v) is 2.97. The molecule has 0 aromatic carbocycles. The first-order chi connectivity index (χ1) is 11.8. The minimum Gasteiger partial charge on any atom is -0.453 e. The molecule has 0 unspecified atom stereocenters. The standard InChI is InChI=1S/C17H23N3O5/c1-10-7-13(12(3)20(10)11(2)8-24-4)15(21)9-25-17(23)14-5-6-16(22)19-18-14/h7,11H,5-6,8-9H2,1-4H3,(H,19,22)/t11-/m0/s1. The van der Waals surface area contributed by atoms with E-state index in [2.05, 4.69) is 10.5 Å². The van der Waals surface area contributed by atoms with Crippen LogP contribution in [0.25, 0.3) is 0 Å². The van der Waals surface area contributed by atoms with Crippen molar-refractivity contribution in [3.05, 3.63) is 23.0 Å². The van der Waals surface area contributed by atoms with E-state index in [4.69, 9.17) is 9.47 Å². The molecule has 1 N–H and O–H groups in total. The van der Waals surface area contributed by atoms with Gasteiger partial charge in [0.2, 0.25) is 11.7 Å². The number of hydrogen-bond acceptors (Lipinski definition) is 6. The Morgan fingerprint density at radius 3 is 2.68 bits per heavy atom. The molecule has 25 heavy (non-hydrogen) atoms. The summed E-state index contributed by atoms with van der Waals surface area (Å²) in [5.41, 5.74) is 4.61. The summed E-state index contributed by atoms with van der Waals surface area (Å²) in [6.45, 7) is 5.95. The number of carbonyl (C=O) groups excluding carboxylic acids is 3. The zero-order valence-corrected chi connectivity index (χ0v) is 14.9. The highest BCUT2D eigenvalue weighted by atomic mass is 16.5. The number of hydrazone groups is 1. The molecule has 2 heterocycles. The highest BCUT2D eigenvalue weighted by Crippen LogP contribution is 2.21. The minimum absolute atomic E-state index is 0.0920. The van der Waals surface area contributed by atoms with Gasteiger partial charge in [0.15, 0.2) is 6.61 Å². The highest BCUT2D eigenvalue weighted by Gasteiger charge is 2.23. The van der Waals surface area contributed by atoms with Crippen LogP contribution >= 0.6 is 0 Å². The lowest BCUT2D eigenvalue weighted by Crippen LogP contribution is -2.31. The Bertz CT molecular complexity index is 720.